The monoisotopic (exact) mass is 585 g/mol. The first-order chi connectivity index (χ1) is 16.5. The van der Waals surface area contributed by atoms with Gasteiger partial charge in [0.1, 0.15) is 16.6 Å². The quantitative estimate of drug-likeness (QED) is 0.338. The maximum atomic E-state index is 12.9. The molecular weight excluding hydrogens is 566 g/mol. The van der Waals surface area contributed by atoms with Crippen LogP contribution in [0.3, 0.4) is 0 Å². The van der Waals surface area contributed by atoms with Gasteiger partial charge in [-0.2, -0.15) is 17.9 Å². The number of nitrogens with zero attached hydrogens (tertiary/aromatic N) is 1. The molecule has 0 aliphatic carbocycles. The summed E-state index contributed by atoms with van der Waals surface area (Å²) < 4.78 is 70.7. The van der Waals surface area contributed by atoms with Crippen LogP contribution in [0.5, 0.6) is 0 Å². The molecule has 8 nitrogen and oxygen atoms in total. The molecule has 2 heterocycles. The van der Waals surface area contributed by atoms with E-state index in [1.165, 1.54) is 30.9 Å². The molecule has 3 aromatic rings. The fourth-order valence-corrected chi connectivity index (χ4v) is 6.00. The normalized spacial score (nSPS) is 13.6. The molecule has 1 atom stereocenters. The maximum absolute atomic E-state index is 12.9. The minimum absolute atomic E-state index is 0.00907. The molecule has 0 fully saturated rings. The van der Waals surface area contributed by atoms with Crippen molar-refractivity contribution in [3.63, 3.8) is 0 Å². The number of alkyl halides is 3. The zero-order chi connectivity index (χ0) is 27.1. The number of aromatic nitrogens is 1. The summed E-state index contributed by atoms with van der Waals surface area (Å²) >= 11 is 13.5. The Morgan fingerprint density at radius 2 is 1.89 bits per heavy atom. The fraction of sp³-hybridized carbons (Fsp3) is 0.333. The standard InChI is InChI=1S/C21H20Cl2F3N3O5S2/c1-10(21(24,25)26)29-36(32,33)13-7-6-11(14(22)15(13)23)17-16(12-5-4-8-34-12)28-19(35-17)18(30)27-9-20(2,3)31/h4-8,10,29,31H,9H2,1-3H3,(H,27,30)/t10-/m0/s1. The summed E-state index contributed by atoms with van der Waals surface area (Å²) in [7, 11) is -4.68. The zero-order valence-corrected chi connectivity index (χ0v) is 22.0. The van der Waals surface area contributed by atoms with Crippen molar-refractivity contribution in [1.82, 2.24) is 15.0 Å². The summed E-state index contributed by atoms with van der Waals surface area (Å²) in [6.07, 6.45) is -3.43. The fourth-order valence-electron chi connectivity index (χ4n) is 2.83. The Hall–Kier alpha value is -2.16. The van der Waals surface area contributed by atoms with Crippen molar-refractivity contribution in [3.05, 3.63) is 45.6 Å². The number of hydrogen-bond donors (Lipinski definition) is 3. The van der Waals surface area contributed by atoms with Crippen LogP contribution >= 0.6 is 34.5 Å². The van der Waals surface area contributed by atoms with Crippen LogP contribution in [-0.4, -0.2) is 48.8 Å². The highest BCUT2D eigenvalue weighted by molar-refractivity contribution is 7.89. The van der Waals surface area contributed by atoms with Gasteiger partial charge in [0.05, 0.1) is 26.8 Å². The van der Waals surface area contributed by atoms with Crippen molar-refractivity contribution in [2.24, 2.45) is 0 Å². The number of halogens is 5. The van der Waals surface area contributed by atoms with E-state index >= 15 is 0 Å². The van der Waals surface area contributed by atoms with Crippen molar-refractivity contribution >= 4 is 50.5 Å². The summed E-state index contributed by atoms with van der Waals surface area (Å²) in [6.45, 7) is 3.62. The van der Waals surface area contributed by atoms with Crippen molar-refractivity contribution in [2.75, 3.05) is 6.54 Å². The lowest BCUT2D eigenvalue weighted by Gasteiger charge is -2.18. The summed E-state index contributed by atoms with van der Waals surface area (Å²) in [6, 6.07) is 3.06. The van der Waals surface area contributed by atoms with Crippen LogP contribution < -0.4 is 10.0 Å². The van der Waals surface area contributed by atoms with Crippen LogP contribution in [0, 0.1) is 0 Å². The Labute approximate surface area is 218 Å². The number of carbonyl (C=O) groups excluding carboxylic acids is 1. The van der Waals surface area contributed by atoms with Gasteiger partial charge in [-0.15, -0.1) is 11.3 Å². The molecule has 1 amide bonds. The number of carbonyl (C=O) groups is 1. The summed E-state index contributed by atoms with van der Waals surface area (Å²) in [5.41, 5.74) is -0.791. The minimum Gasteiger partial charge on any atom is -0.463 e. The van der Waals surface area contributed by atoms with Crippen molar-refractivity contribution < 1.29 is 35.9 Å². The molecule has 0 saturated carbocycles. The van der Waals surface area contributed by atoms with Gasteiger partial charge in [0.2, 0.25) is 10.0 Å². The largest absolute Gasteiger partial charge is 0.463 e. The number of nitrogens with one attached hydrogen (secondary N) is 2. The molecule has 0 bridgehead atoms. The first-order valence-electron chi connectivity index (χ1n) is 10.1. The topological polar surface area (TPSA) is 122 Å². The van der Waals surface area contributed by atoms with Crippen LogP contribution in [0.25, 0.3) is 21.9 Å². The van der Waals surface area contributed by atoms with Crippen LogP contribution in [-0.2, 0) is 10.0 Å². The molecule has 36 heavy (non-hydrogen) atoms. The number of rotatable bonds is 8. The molecule has 0 radical (unpaired) electrons. The molecule has 1 aromatic carbocycles. The molecule has 2 aromatic heterocycles. The second kappa shape index (κ2) is 10.3. The molecule has 3 N–H and O–H groups in total. The molecule has 15 heteroatoms. The Balaban J connectivity index is 2.06. The predicted molar refractivity (Wildman–Crippen MR) is 130 cm³/mol. The average Bonchev–Trinajstić information content (AvgIpc) is 3.42. The third-order valence-corrected chi connectivity index (χ3v) is 8.33. The van der Waals surface area contributed by atoms with E-state index in [4.69, 9.17) is 27.6 Å². The highest BCUT2D eigenvalue weighted by Gasteiger charge is 2.39. The van der Waals surface area contributed by atoms with E-state index in [9.17, 15) is 31.5 Å². The Morgan fingerprint density at radius 3 is 2.44 bits per heavy atom. The summed E-state index contributed by atoms with van der Waals surface area (Å²) in [4.78, 5) is 16.6. The lowest BCUT2D eigenvalue weighted by molar-refractivity contribution is -0.147. The Morgan fingerprint density at radius 1 is 1.22 bits per heavy atom. The SMILES string of the molecule is C[C@H](NS(=O)(=O)c1ccc(-c2sc(C(=O)NCC(C)(C)O)nc2-c2ccco2)c(Cl)c1Cl)C(F)(F)F. The summed E-state index contributed by atoms with van der Waals surface area (Å²) in [5.74, 6) is -0.319. The third kappa shape index (κ3) is 6.39. The molecular formula is C21H20Cl2F3N3O5S2. The van der Waals surface area contributed by atoms with Gasteiger partial charge in [-0.1, -0.05) is 29.3 Å². The van der Waals surface area contributed by atoms with Gasteiger partial charge in [0, 0.05) is 12.1 Å². The molecule has 0 unspecified atom stereocenters. The number of aliphatic hydroxyl groups is 1. The number of sulfonamides is 1. The van der Waals surface area contributed by atoms with E-state index in [2.05, 4.69) is 10.3 Å². The molecule has 0 aliphatic rings. The molecule has 196 valence electrons. The maximum Gasteiger partial charge on any atom is 0.404 e. The highest BCUT2D eigenvalue weighted by atomic mass is 35.5. The first-order valence-corrected chi connectivity index (χ1v) is 13.2. The van der Waals surface area contributed by atoms with E-state index in [1.54, 1.807) is 12.1 Å². The number of amides is 1. The van der Waals surface area contributed by atoms with E-state index in [0.29, 0.717) is 11.8 Å². The number of hydrogen-bond acceptors (Lipinski definition) is 7. The first kappa shape index (κ1) is 28.4. The van der Waals surface area contributed by atoms with Crippen LogP contribution in [0.1, 0.15) is 30.6 Å². The lowest BCUT2D eigenvalue weighted by atomic mass is 10.1. The van der Waals surface area contributed by atoms with E-state index in [-0.39, 0.29) is 33.6 Å². The van der Waals surface area contributed by atoms with Gasteiger partial charge < -0.3 is 14.8 Å². The van der Waals surface area contributed by atoms with Crippen molar-refractivity contribution in [1.29, 1.82) is 0 Å². The Bertz CT molecular complexity index is 1370. The van der Waals surface area contributed by atoms with E-state index in [0.717, 1.165) is 17.4 Å². The second-order valence-corrected chi connectivity index (χ2v) is 11.7. The van der Waals surface area contributed by atoms with E-state index < -0.39 is 43.7 Å². The molecule has 0 aliphatic heterocycles. The van der Waals surface area contributed by atoms with E-state index in [1.807, 2.05) is 0 Å². The predicted octanol–water partition coefficient (Wildman–Crippen LogP) is 5.11. The third-order valence-electron chi connectivity index (χ3n) is 4.66. The van der Waals surface area contributed by atoms with Crippen LogP contribution in [0.4, 0.5) is 13.2 Å². The zero-order valence-electron chi connectivity index (χ0n) is 18.9. The second-order valence-electron chi connectivity index (χ2n) is 8.29. The number of furan rings is 1. The van der Waals surface area contributed by atoms with Gasteiger partial charge in [-0.3, -0.25) is 4.79 Å². The van der Waals surface area contributed by atoms with Gasteiger partial charge >= 0.3 is 6.18 Å². The van der Waals surface area contributed by atoms with Gasteiger partial charge in [-0.25, -0.2) is 13.4 Å². The molecule has 3 rings (SSSR count). The van der Waals surface area contributed by atoms with Gasteiger partial charge in [0.15, 0.2) is 10.8 Å². The number of benzene rings is 1. The average molecular weight is 586 g/mol. The van der Waals surface area contributed by atoms with Gasteiger partial charge in [0.25, 0.3) is 5.91 Å². The van der Waals surface area contributed by atoms with Crippen molar-refractivity contribution in [2.45, 2.75) is 43.5 Å². The summed E-state index contributed by atoms with van der Waals surface area (Å²) in [5, 5.41) is 11.6. The van der Waals surface area contributed by atoms with Gasteiger partial charge in [-0.05, 0) is 39.0 Å². The minimum atomic E-state index is -4.81. The number of thiazole rings is 1. The lowest BCUT2D eigenvalue weighted by Crippen LogP contribution is -2.43. The highest BCUT2D eigenvalue weighted by Crippen LogP contribution is 2.44. The molecule has 0 saturated heterocycles. The van der Waals surface area contributed by atoms with Crippen LogP contribution in [0.15, 0.2) is 39.8 Å². The smallest absolute Gasteiger partial charge is 0.404 e. The van der Waals surface area contributed by atoms with Crippen LogP contribution in [0.2, 0.25) is 10.0 Å². The molecule has 0 spiro atoms. The Kier molecular flexibility index (Phi) is 8.13. The van der Waals surface area contributed by atoms with Crippen molar-refractivity contribution in [3.8, 4) is 21.9 Å².